The second-order valence-electron chi connectivity index (χ2n) is 7.10. The fraction of sp³-hybridized carbons (Fsp3) is 0.318. The van der Waals surface area contributed by atoms with Crippen molar-refractivity contribution in [2.24, 2.45) is 0 Å². The molecule has 0 atom stereocenters. The zero-order valence-electron chi connectivity index (χ0n) is 16.1. The lowest BCUT2D eigenvalue weighted by molar-refractivity contribution is -0.119. The largest absolute Gasteiger partial charge is 0.452 e. The van der Waals surface area contributed by atoms with Gasteiger partial charge in [0, 0.05) is 24.3 Å². The molecule has 0 aliphatic carbocycles. The Morgan fingerprint density at radius 1 is 1.07 bits per heavy atom. The van der Waals surface area contributed by atoms with Gasteiger partial charge in [-0.05, 0) is 54.3 Å². The lowest BCUT2D eigenvalue weighted by atomic mass is 10.0. The molecular formula is C22H24N2O4. The zero-order valence-corrected chi connectivity index (χ0v) is 16.1. The lowest BCUT2D eigenvalue weighted by Gasteiger charge is -2.16. The molecule has 0 unspecified atom stereocenters. The van der Waals surface area contributed by atoms with Crippen molar-refractivity contribution >= 4 is 29.2 Å². The summed E-state index contributed by atoms with van der Waals surface area (Å²) in [5.41, 5.74) is 2.94. The number of benzene rings is 2. The Kier molecular flexibility index (Phi) is 6.09. The second-order valence-corrected chi connectivity index (χ2v) is 7.10. The van der Waals surface area contributed by atoms with Crippen LogP contribution in [0.3, 0.4) is 0 Å². The summed E-state index contributed by atoms with van der Waals surface area (Å²) in [5.74, 6) is -0.457. The molecule has 2 aromatic carbocycles. The van der Waals surface area contributed by atoms with Gasteiger partial charge in [0.25, 0.3) is 5.91 Å². The van der Waals surface area contributed by atoms with Crippen LogP contribution in [0, 0.1) is 0 Å². The number of hydrogen-bond acceptors (Lipinski definition) is 4. The van der Waals surface area contributed by atoms with E-state index >= 15 is 0 Å². The van der Waals surface area contributed by atoms with E-state index in [1.54, 1.807) is 41.3 Å². The highest BCUT2D eigenvalue weighted by Gasteiger charge is 2.21. The summed E-state index contributed by atoms with van der Waals surface area (Å²) in [5, 5.41) is 2.68. The van der Waals surface area contributed by atoms with Gasteiger partial charge >= 0.3 is 5.97 Å². The fourth-order valence-corrected chi connectivity index (χ4v) is 3.06. The van der Waals surface area contributed by atoms with Crippen molar-refractivity contribution in [1.29, 1.82) is 0 Å². The van der Waals surface area contributed by atoms with Gasteiger partial charge < -0.3 is 15.0 Å². The van der Waals surface area contributed by atoms with Gasteiger partial charge in [0.15, 0.2) is 6.61 Å². The molecule has 0 bridgehead atoms. The molecule has 0 aromatic heterocycles. The van der Waals surface area contributed by atoms with Gasteiger partial charge in [-0.3, -0.25) is 9.59 Å². The number of amides is 2. The first-order valence-electron chi connectivity index (χ1n) is 9.41. The predicted molar refractivity (Wildman–Crippen MR) is 107 cm³/mol. The third-order valence-electron chi connectivity index (χ3n) is 4.68. The van der Waals surface area contributed by atoms with Gasteiger partial charge in [-0.15, -0.1) is 0 Å². The van der Waals surface area contributed by atoms with Gasteiger partial charge in [-0.2, -0.15) is 0 Å². The Hall–Kier alpha value is -3.15. The van der Waals surface area contributed by atoms with Crippen molar-refractivity contribution in [1.82, 2.24) is 0 Å². The summed E-state index contributed by atoms with van der Waals surface area (Å²) >= 11 is 0. The molecule has 0 saturated carbocycles. The van der Waals surface area contributed by atoms with Gasteiger partial charge in [0.2, 0.25) is 5.91 Å². The molecular weight excluding hydrogens is 356 g/mol. The number of rotatable bonds is 6. The van der Waals surface area contributed by atoms with Crippen LogP contribution in [0.4, 0.5) is 11.4 Å². The minimum absolute atomic E-state index is 0.116. The van der Waals surface area contributed by atoms with E-state index < -0.39 is 11.9 Å². The van der Waals surface area contributed by atoms with E-state index in [0.717, 1.165) is 24.2 Å². The highest BCUT2D eigenvalue weighted by molar-refractivity contribution is 5.97. The maximum Gasteiger partial charge on any atom is 0.338 e. The minimum Gasteiger partial charge on any atom is -0.452 e. The summed E-state index contributed by atoms with van der Waals surface area (Å²) in [6, 6.07) is 14.2. The van der Waals surface area contributed by atoms with Crippen LogP contribution < -0.4 is 10.2 Å². The van der Waals surface area contributed by atoms with Crippen molar-refractivity contribution in [2.45, 2.75) is 32.6 Å². The molecule has 0 spiro atoms. The highest BCUT2D eigenvalue weighted by atomic mass is 16.5. The molecule has 1 aliphatic rings. The molecule has 1 saturated heterocycles. The van der Waals surface area contributed by atoms with Gasteiger partial charge in [-0.1, -0.05) is 26.0 Å². The Morgan fingerprint density at radius 2 is 1.75 bits per heavy atom. The van der Waals surface area contributed by atoms with Crippen molar-refractivity contribution in [3.05, 3.63) is 59.7 Å². The van der Waals surface area contributed by atoms with Crippen LogP contribution in [0.15, 0.2) is 48.5 Å². The normalized spacial score (nSPS) is 13.7. The highest BCUT2D eigenvalue weighted by Crippen LogP contribution is 2.23. The Balaban J connectivity index is 1.49. The number of carbonyl (C=O) groups is 3. The first kappa shape index (κ1) is 19.6. The van der Waals surface area contributed by atoms with Crippen LogP contribution in [0.1, 0.15) is 48.5 Å². The van der Waals surface area contributed by atoms with E-state index in [9.17, 15) is 14.4 Å². The number of anilines is 2. The first-order valence-corrected chi connectivity index (χ1v) is 9.41. The summed E-state index contributed by atoms with van der Waals surface area (Å²) in [4.78, 5) is 37.6. The van der Waals surface area contributed by atoms with Crippen molar-refractivity contribution < 1.29 is 19.1 Å². The van der Waals surface area contributed by atoms with E-state index in [4.69, 9.17) is 4.74 Å². The molecule has 1 aliphatic heterocycles. The standard InChI is InChI=1S/C22H24N2O4/c1-15(2)16-5-7-17(8-6-16)22(27)28-14-20(25)23-18-9-11-19(12-10-18)24-13-3-4-21(24)26/h5-12,15H,3-4,13-14H2,1-2H3,(H,23,25). The molecule has 6 nitrogen and oxygen atoms in total. The second kappa shape index (κ2) is 8.69. The average molecular weight is 380 g/mol. The van der Waals surface area contributed by atoms with Crippen LogP contribution in [0.2, 0.25) is 0 Å². The maximum absolute atomic E-state index is 12.1. The topological polar surface area (TPSA) is 75.7 Å². The molecule has 3 rings (SSSR count). The minimum atomic E-state index is -0.534. The van der Waals surface area contributed by atoms with Crippen molar-refractivity contribution in [3.8, 4) is 0 Å². The van der Waals surface area contributed by atoms with Crippen LogP contribution in [-0.4, -0.2) is 30.9 Å². The summed E-state index contributed by atoms with van der Waals surface area (Å²) in [7, 11) is 0. The number of esters is 1. The Morgan fingerprint density at radius 3 is 2.32 bits per heavy atom. The number of nitrogens with one attached hydrogen (secondary N) is 1. The molecule has 1 fully saturated rings. The van der Waals surface area contributed by atoms with Crippen LogP contribution in [-0.2, 0) is 14.3 Å². The van der Waals surface area contributed by atoms with Gasteiger partial charge in [0.1, 0.15) is 0 Å². The van der Waals surface area contributed by atoms with E-state index in [1.807, 2.05) is 12.1 Å². The SMILES string of the molecule is CC(C)c1ccc(C(=O)OCC(=O)Nc2ccc(N3CCCC3=O)cc2)cc1. The molecule has 2 aromatic rings. The van der Waals surface area contributed by atoms with Gasteiger partial charge in [-0.25, -0.2) is 4.79 Å². The average Bonchev–Trinajstić information content (AvgIpc) is 3.12. The Bertz CT molecular complexity index is 857. The zero-order chi connectivity index (χ0) is 20.1. The lowest BCUT2D eigenvalue weighted by Crippen LogP contribution is -2.23. The summed E-state index contributed by atoms with van der Waals surface area (Å²) in [6.07, 6.45) is 1.44. The molecule has 1 heterocycles. The van der Waals surface area contributed by atoms with Crippen LogP contribution >= 0.6 is 0 Å². The third kappa shape index (κ3) is 4.76. The van der Waals surface area contributed by atoms with E-state index in [-0.39, 0.29) is 12.5 Å². The van der Waals surface area contributed by atoms with E-state index in [1.165, 1.54) is 0 Å². The quantitative estimate of drug-likeness (QED) is 0.775. The van der Waals surface area contributed by atoms with Crippen molar-refractivity contribution in [3.63, 3.8) is 0 Å². The third-order valence-corrected chi connectivity index (χ3v) is 4.68. The molecule has 1 N–H and O–H groups in total. The summed E-state index contributed by atoms with van der Waals surface area (Å²) in [6.45, 7) is 4.51. The Labute approximate surface area is 164 Å². The predicted octanol–water partition coefficient (Wildman–Crippen LogP) is 3.73. The monoisotopic (exact) mass is 380 g/mol. The smallest absolute Gasteiger partial charge is 0.338 e. The number of ether oxygens (including phenoxy) is 1. The van der Waals surface area contributed by atoms with E-state index in [2.05, 4.69) is 19.2 Å². The molecule has 28 heavy (non-hydrogen) atoms. The number of hydrogen-bond donors (Lipinski definition) is 1. The van der Waals surface area contributed by atoms with Crippen molar-refractivity contribution in [2.75, 3.05) is 23.4 Å². The van der Waals surface area contributed by atoms with Crippen LogP contribution in [0.5, 0.6) is 0 Å². The van der Waals surface area contributed by atoms with Crippen LogP contribution in [0.25, 0.3) is 0 Å². The van der Waals surface area contributed by atoms with Gasteiger partial charge in [0.05, 0.1) is 5.56 Å². The molecule has 146 valence electrons. The summed E-state index contributed by atoms with van der Waals surface area (Å²) < 4.78 is 5.08. The molecule has 0 radical (unpaired) electrons. The van der Waals surface area contributed by atoms with E-state index in [0.29, 0.717) is 23.6 Å². The molecule has 2 amide bonds. The first-order chi connectivity index (χ1) is 13.4. The number of nitrogens with zero attached hydrogens (tertiary/aromatic N) is 1. The maximum atomic E-state index is 12.1. The molecule has 6 heteroatoms. The fourth-order valence-electron chi connectivity index (χ4n) is 3.06. The number of carbonyl (C=O) groups excluding carboxylic acids is 3.